The molecule has 0 aliphatic heterocycles. The fraction of sp³-hybridized carbons (Fsp3) is 0.500. The fourth-order valence-electron chi connectivity index (χ4n) is 0.807. The molecule has 1 aromatic heterocycles. The Kier molecular flexibility index (Phi) is 4.61. The highest BCUT2D eigenvalue weighted by molar-refractivity contribution is 9.10. The van der Waals surface area contributed by atoms with E-state index in [1.807, 2.05) is 6.92 Å². The number of nitrogens with zero attached hydrogens (tertiary/aromatic N) is 2. The van der Waals surface area contributed by atoms with Crippen molar-refractivity contribution in [2.24, 2.45) is 0 Å². The van der Waals surface area contributed by atoms with Gasteiger partial charge in [-0.3, -0.25) is 0 Å². The second-order valence-corrected chi connectivity index (χ2v) is 3.28. The fourth-order valence-corrected chi connectivity index (χ4v) is 1.11. The second kappa shape index (κ2) is 5.77. The predicted octanol–water partition coefficient (Wildman–Crippen LogP) is 1.24. The highest BCUT2D eigenvalue weighted by Gasteiger charge is 2.03. The summed E-state index contributed by atoms with van der Waals surface area (Å²) in [5.74, 6) is 0.636. The summed E-state index contributed by atoms with van der Waals surface area (Å²) in [6, 6.07) is 0. The summed E-state index contributed by atoms with van der Waals surface area (Å²) in [5, 5.41) is 0. The van der Waals surface area contributed by atoms with E-state index in [0.29, 0.717) is 30.2 Å². The number of hydrogen-bond acceptors (Lipinski definition) is 5. The van der Waals surface area contributed by atoms with Gasteiger partial charge in [0.05, 0.1) is 17.3 Å². The van der Waals surface area contributed by atoms with E-state index >= 15 is 0 Å². The molecular formula is C8H12BrN3O2. The molecule has 0 aliphatic carbocycles. The Morgan fingerprint density at radius 1 is 1.50 bits per heavy atom. The van der Waals surface area contributed by atoms with Gasteiger partial charge in [-0.25, -0.2) is 4.98 Å². The molecule has 1 heterocycles. The SMILES string of the molecule is CCOCCOc1nc(N)ncc1Br. The van der Waals surface area contributed by atoms with E-state index in [-0.39, 0.29) is 5.95 Å². The maximum Gasteiger partial charge on any atom is 0.232 e. The van der Waals surface area contributed by atoms with Gasteiger partial charge in [0.2, 0.25) is 11.8 Å². The summed E-state index contributed by atoms with van der Waals surface area (Å²) in [6.07, 6.45) is 1.55. The quantitative estimate of drug-likeness (QED) is 0.808. The Labute approximate surface area is 90.8 Å². The highest BCUT2D eigenvalue weighted by atomic mass is 79.9. The largest absolute Gasteiger partial charge is 0.474 e. The third-order valence-electron chi connectivity index (χ3n) is 1.40. The summed E-state index contributed by atoms with van der Waals surface area (Å²) in [5.41, 5.74) is 5.40. The van der Waals surface area contributed by atoms with E-state index in [1.165, 1.54) is 0 Å². The monoisotopic (exact) mass is 261 g/mol. The van der Waals surface area contributed by atoms with Crippen LogP contribution in [0.2, 0.25) is 0 Å². The molecule has 0 saturated heterocycles. The number of aromatic nitrogens is 2. The molecule has 78 valence electrons. The molecule has 0 saturated carbocycles. The van der Waals surface area contributed by atoms with Gasteiger partial charge in [0, 0.05) is 6.61 Å². The summed E-state index contributed by atoms with van der Waals surface area (Å²) < 4.78 is 11.1. The Morgan fingerprint density at radius 3 is 3.00 bits per heavy atom. The predicted molar refractivity (Wildman–Crippen MR) is 56.1 cm³/mol. The lowest BCUT2D eigenvalue weighted by Gasteiger charge is -2.06. The van der Waals surface area contributed by atoms with Crippen molar-refractivity contribution >= 4 is 21.9 Å². The van der Waals surface area contributed by atoms with Gasteiger partial charge in [-0.15, -0.1) is 0 Å². The van der Waals surface area contributed by atoms with Crippen molar-refractivity contribution in [2.45, 2.75) is 6.92 Å². The van der Waals surface area contributed by atoms with Crippen LogP contribution in [0.15, 0.2) is 10.7 Å². The van der Waals surface area contributed by atoms with Gasteiger partial charge in [0.15, 0.2) is 0 Å². The van der Waals surface area contributed by atoms with Gasteiger partial charge in [0.1, 0.15) is 6.61 Å². The molecule has 1 rings (SSSR count). The first-order valence-corrected chi connectivity index (χ1v) is 5.02. The van der Waals surface area contributed by atoms with Crippen LogP contribution in [0.5, 0.6) is 5.88 Å². The molecule has 0 aliphatic rings. The molecule has 6 heteroatoms. The topological polar surface area (TPSA) is 70.3 Å². The second-order valence-electron chi connectivity index (χ2n) is 2.43. The molecule has 0 bridgehead atoms. The first-order valence-electron chi connectivity index (χ1n) is 4.22. The number of anilines is 1. The number of halogens is 1. The summed E-state index contributed by atoms with van der Waals surface area (Å²) in [4.78, 5) is 7.70. The molecule has 0 fully saturated rings. The van der Waals surface area contributed by atoms with E-state index in [0.717, 1.165) is 0 Å². The van der Waals surface area contributed by atoms with Crippen molar-refractivity contribution in [1.82, 2.24) is 9.97 Å². The van der Waals surface area contributed by atoms with Crippen LogP contribution < -0.4 is 10.5 Å². The molecule has 0 amide bonds. The minimum atomic E-state index is 0.194. The van der Waals surface area contributed by atoms with Crippen molar-refractivity contribution < 1.29 is 9.47 Å². The summed E-state index contributed by atoms with van der Waals surface area (Å²) in [7, 11) is 0. The van der Waals surface area contributed by atoms with Crippen LogP contribution in [0.1, 0.15) is 6.92 Å². The molecule has 0 spiro atoms. The van der Waals surface area contributed by atoms with Crippen LogP contribution in [-0.2, 0) is 4.74 Å². The zero-order valence-corrected chi connectivity index (χ0v) is 9.45. The zero-order chi connectivity index (χ0) is 10.4. The molecule has 0 atom stereocenters. The Morgan fingerprint density at radius 2 is 2.29 bits per heavy atom. The van der Waals surface area contributed by atoms with Crippen molar-refractivity contribution in [1.29, 1.82) is 0 Å². The smallest absolute Gasteiger partial charge is 0.232 e. The van der Waals surface area contributed by atoms with Gasteiger partial charge >= 0.3 is 0 Å². The third-order valence-corrected chi connectivity index (χ3v) is 1.95. The molecule has 5 nitrogen and oxygen atoms in total. The minimum absolute atomic E-state index is 0.194. The van der Waals surface area contributed by atoms with E-state index in [2.05, 4.69) is 25.9 Å². The van der Waals surface area contributed by atoms with Gasteiger partial charge in [0.25, 0.3) is 0 Å². The molecule has 0 aromatic carbocycles. The van der Waals surface area contributed by atoms with Crippen molar-refractivity contribution in [2.75, 3.05) is 25.6 Å². The van der Waals surface area contributed by atoms with Gasteiger partial charge in [-0.2, -0.15) is 4.98 Å². The van der Waals surface area contributed by atoms with E-state index in [4.69, 9.17) is 15.2 Å². The molecule has 2 N–H and O–H groups in total. The van der Waals surface area contributed by atoms with Crippen molar-refractivity contribution in [3.63, 3.8) is 0 Å². The normalized spacial score (nSPS) is 10.1. The zero-order valence-electron chi connectivity index (χ0n) is 7.86. The van der Waals surface area contributed by atoms with Crippen LogP contribution in [0.3, 0.4) is 0 Å². The van der Waals surface area contributed by atoms with Crippen LogP contribution in [-0.4, -0.2) is 29.8 Å². The minimum Gasteiger partial charge on any atom is -0.474 e. The third kappa shape index (κ3) is 3.47. The standard InChI is InChI=1S/C8H12BrN3O2/c1-2-13-3-4-14-7-6(9)5-11-8(10)12-7/h5H,2-4H2,1H3,(H2,10,11,12). The first-order chi connectivity index (χ1) is 6.74. The Bertz CT molecular complexity index is 296. The molecule has 0 radical (unpaired) electrons. The number of hydrogen-bond donors (Lipinski definition) is 1. The maximum absolute atomic E-state index is 5.40. The van der Waals surface area contributed by atoms with Gasteiger partial charge < -0.3 is 15.2 Å². The summed E-state index contributed by atoms with van der Waals surface area (Å²) >= 11 is 3.25. The average Bonchev–Trinajstić information content (AvgIpc) is 2.18. The Hall–Kier alpha value is -0.880. The number of nitrogen functional groups attached to an aromatic ring is 1. The average molecular weight is 262 g/mol. The number of ether oxygens (including phenoxy) is 2. The molecular weight excluding hydrogens is 250 g/mol. The van der Waals surface area contributed by atoms with Crippen LogP contribution in [0.4, 0.5) is 5.95 Å². The number of rotatable bonds is 5. The van der Waals surface area contributed by atoms with E-state index in [1.54, 1.807) is 6.20 Å². The molecule has 1 aromatic rings. The first kappa shape index (κ1) is 11.2. The van der Waals surface area contributed by atoms with Crippen molar-refractivity contribution in [3.8, 4) is 5.88 Å². The highest BCUT2D eigenvalue weighted by Crippen LogP contribution is 2.21. The van der Waals surface area contributed by atoms with Gasteiger partial charge in [-0.05, 0) is 22.9 Å². The summed E-state index contributed by atoms with van der Waals surface area (Å²) in [6.45, 7) is 3.59. The van der Waals surface area contributed by atoms with Gasteiger partial charge in [-0.1, -0.05) is 0 Å². The maximum atomic E-state index is 5.40. The van der Waals surface area contributed by atoms with Crippen molar-refractivity contribution in [3.05, 3.63) is 10.7 Å². The molecule has 14 heavy (non-hydrogen) atoms. The lowest BCUT2D eigenvalue weighted by Crippen LogP contribution is -2.08. The van der Waals surface area contributed by atoms with E-state index < -0.39 is 0 Å². The van der Waals surface area contributed by atoms with E-state index in [9.17, 15) is 0 Å². The number of nitrogens with two attached hydrogens (primary N) is 1. The lowest BCUT2D eigenvalue weighted by molar-refractivity contribution is 0.108. The Balaban J connectivity index is 2.45. The molecule has 0 unspecified atom stereocenters. The van der Waals surface area contributed by atoms with Crippen LogP contribution in [0, 0.1) is 0 Å². The van der Waals surface area contributed by atoms with Crippen LogP contribution in [0.25, 0.3) is 0 Å². The lowest BCUT2D eigenvalue weighted by atomic mass is 10.6. The van der Waals surface area contributed by atoms with Crippen LogP contribution >= 0.6 is 15.9 Å².